The lowest BCUT2D eigenvalue weighted by Crippen LogP contribution is -2.35. The Bertz CT molecular complexity index is 754. The van der Waals surface area contributed by atoms with Crippen LogP contribution in [-0.4, -0.2) is 30.6 Å². The fraction of sp³-hybridized carbons (Fsp3) is 0.294. The second-order valence-electron chi connectivity index (χ2n) is 5.57. The maximum absolute atomic E-state index is 12.2. The number of fused-ring (bicyclic) bond motifs is 1. The third-order valence-electron chi connectivity index (χ3n) is 3.86. The van der Waals surface area contributed by atoms with Crippen LogP contribution in [0, 0.1) is 6.92 Å². The van der Waals surface area contributed by atoms with Crippen LogP contribution >= 0.6 is 11.3 Å². The summed E-state index contributed by atoms with van der Waals surface area (Å²) in [7, 11) is 1.39. The summed E-state index contributed by atoms with van der Waals surface area (Å²) < 4.78 is 4.78. The average Bonchev–Trinajstić information content (AvgIpc) is 3.00. The Morgan fingerprint density at radius 2 is 2.09 bits per heavy atom. The fourth-order valence-electron chi connectivity index (χ4n) is 2.66. The first-order valence-electron chi connectivity index (χ1n) is 7.38. The van der Waals surface area contributed by atoms with E-state index in [1.54, 1.807) is 4.90 Å². The van der Waals surface area contributed by atoms with Gasteiger partial charge in [-0.3, -0.25) is 4.79 Å². The highest BCUT2D eigenvalue weighted by Crippen LogP contribution is 2.24. The molecule has 1 aliphatic rings. The normalized spacial score (nSPS) is 13.4. The maximum atomic E-state index is 12.2. The summed E-state index contributed by atoms with van der Waals surface area (Å²) in [6, 6.07) is 7.73. The number of aryl methyl sites for hydroxylation is 1. The number of nitrogens with one attached hydrogen (secondary N) is 1. The number of benzene rings is 1. The van der Waals surface area contributed by atoms with Gasteiger partial charge in [-0.05, 0) is 53.6 Å². The van der Waals surface area contributed by atoms with Crippen LogP contribution in [0.3, 0.4) is 0 Å². The number of nitrogens with zero attached hydrogens (tertiary/aromatic N) is 1. The van der Waals surface area contributed by atoms with Crippen molar-refractivity contribution in [2.24, 2.45) is 0 Å². The second-order valence-corrected chi connectivity index (χ2v) is 6.48. The van der Waals surface area contributed by atoms with E-state index in [4.69, 9.17) is 4.74 Å². The van der Waals surface area contributed by atoms with Gasteiger partial charge in [0, 0.05) is 18.8 Å². The number of thiophene rings is 1. The number of carbonyl (C=O) groups excluding carboxylic acids is 2. The van der Waals surface area contributed by atoms with Gasteiger partial charge in [0.05, 0.1) is 12.0 Å². The fourth-order valence-corrected chi connectivity index (χ4v) is 3.46. The van der Waals surface area contributed by atoms with Gasteiger partial charge >= 0.3 is 6.09 Å². The number of hydrogen-bond donors (Lipinski definition) is 1. The minimum atomic E-state index is -0.320. The number of ether oxygens (including phenoxy) is 1. The number of hydrogen-bond acceptors (Lipinski definition) is 4. The summed E-state index contributed by atoms with van der Waals surface area (Å²) in [5, 5.41) is 4.87. The molecule has 2 heterocycles. The van der Waals surface area contributed by atoms with E-state index >= 15 is 0 Å². The first kappa shape index (κ1) is 15.6. The monoisotopic (exact) mass is 330 g/mol. The molecule has 0 saturated carbocycles. The van der Waals surface area contributed by atoms with Crippen molar-refractivity contribution in [1.29, 1.82) is 0 Å². The summed E-state index contributed by atoms with van der Waals surface area (Å²) in [4.78, 5) is 26.2. The van der Waals surface area contributed by atoms with Gasteiger partial charge in [0.1, 0.15) is 0 Å². The van der Waals surface area contributed by atoms with Crippen LogP contribution < -0.4 is 5.32 Å². The largest absolute Gasteiger partial charge is 0.453 e. The highest BCUT2D eigenvalue weighted by molar-refractivity contribution is 7.12. The first-order chi connectivity index (χ1) is 11.1. The van der Waals surface area contributed by atoms with Crippen molar-refractivity contribution in [3.8, 4) is 0 Å². The van der Waals surface area contributed by atoms with Crippen LogP contribution in [0.1, 0.15) is 26.4 Å². The van der Waals surface area contributed by atoms with E-state index in [2.05, 4.69) is 5.32 Å². The van der Waals surface area contributed by atoms with E-state index in [9.17, 15) is 9.59 Å². The molecule has 0 unspecified atom stereocenters. The van der Waals surface area contributed by atoms with Gasteiger partial charge in [-0.2, -0.15) is 0 Å². The average molecular weight is 330 g/mol. The molecule has 0 fully saturated rings. The van der Waals surface area contributed by atoms with E-state index in [1.165, 1.54) is 24.0 Å². The van der Waals surface area contributed by atoms with Crippen LogP contribution in [0.2, 0.25) is 0 Å². The van der Waals surface area contributed by atoms with Crippen molar-refractivity contribution in [2.75, 3.05) is 19.0 Å². The predicted molar refractivity (Wildman–Crippen MR) is 90.0 cm³/mol. The van der Waals surface area contributed by atoms with Crippen molar-refractivity contribution >= 4 is 29.0 Å². The van der Waals surface area contributed by atoms with E-state index in [0.717, 1.165) is 23.2 Å². The smallest absolute Gasteiger partial charge is 0.409 e. The Morgan fingerprint density at radius 3 is 2.78 bits per heavy atom. The zero-order chi connectivity index (χ0) is 16.4. The van der Waals surface area contributed by atoms with Gasteiger partial charge in [-0.15, -0.1) is 11.3 Å². The third-order valence-corrected chi connectivity index (χ3v) is 4.91. The van der Waals surface area contributed by atoms with Gasteiger partial charge in [0.15, 0.2) is 0 Å². The summed E-state index contributed by atoms with van der Waals surface area (Å²) in [6.45, 7) is 3.12. The van der Waals surface area contributed by atoms with Crippen LogP contribution in [-0.2, 0) is 17.7 Å². The Morgan fingerprint density at radius 1 is 1.26 bits per heavy atom. The minimum absolute atomic E-state index is 0.108. The van der Waals surface area contributed by atoms with Crippen LogP contribution in [0.5, 0.6) is 0 Å². The Balaban J connectivity index is 1.75. The van der Waals surface area contributed by atoms with Gasteiger partial charge in [0.25, 0.3) is 5.91 Å². The SMILES string of the molecule is COC(=O)N1CCc2ccc(NC(=O)c3cc(C)cs3)cc2C1. The third kappa shape index (κ3) is 3.37. The quantitative estimate of drug-likeness (QED) is 0.918. The Kier molecular flexibility index (Phi) is 4.34. The van der Waals surface area contributed by atoms with Crippen molar-refractivity contribution in [3.63, 3.8) is 0 Å². The Hall–Kier alpha value is -2.34. The van der Waals surface area contributed by atoms with Crippen LogP contribution in [0.15, 0.2) is 29.6 Å². The van der Waals surface area contributed by atoms with Gasteiger partial charge in [-0.25, -0.2) is 4.79 Å². The van der Waals surface area contributed by atoms with E-state index in [0.29, 0.717) is 18.0 Å². The molecule has 1 N–H and O–H groups in total. The first-order valence-corrected chi connectivity index (χ1v) is 8.26. The molecule has 1 aliphatic heterocycles. The molecule has 2 amide bonds. The molecule has 0 atom stereocenters. The summed E-state index contributed by atoms with van der Waals surface area (Å²) in [5.41, 5.74) is 4.07. The minimum Gasteiger partial charge on any atom is -0.453 e. The standard InChI is InChI=1S/C17H18N2O3S/c1-11-7-15(23-10-11)16(20)18-14-4-3-12-5-6-19(17(21)22-2)9-13(12)8-14/h3-4,7-8,10H,5-6,9H2,1-2H3,(H,18,20). The van der Waals surface area contributed by atoms with Crippen molar-refractivity contribution < 1.29 is 14.3 Å². The predicted octanol–water partition coefficient (Wildman–Crippen LogP) is 3.43. The summed E-state index contributed by atoms with van der Waals surface area (Å²) >= 11 is 1.43. The molecule has 0 radical (unpaired) electrons. The molecule has 0 spiro atoms. The molecule has 1 aromatic carbocycles. The zero-order valence-corrected chi connectivity index (χ0v) is 13.9. The summed E-state index contributed by atoms with van der Waals surface area (Å²) in [6.07, 6.45) is 0.474. The molecule has 0 bridgehead atoms. The molecule has 1 aromatic heterocycles. The number of amides is 2. The van der Waals surface area contributed by atoms with E-state index < -0.39 is 0 Å². The molecule has 0 saturated heterocycles. The number of anilines is 1. The molecule has 5 nitrogen and oxygen atoms in total. The molecular formula is C17H18N2O3S. The van der Waals surface area contributed by atoms with Gasteiger partial charge < -0.3 is 15.0 Å². The second kappa shape index (κ2) is 6.42. The van der Waals surface area contributed by atoms with Crippen molar-refractivity contribution in [3.05, 3.63) is 51.2 Å². The molecule has 0 aliphatic carbocycles. The Labute approximate surface area is 138 Å². The highest BCUT2D eigenvalue weighted by Gasteiger charge is 2.21. The lowest BCUT2D eigenvalue weighted by molar-refractivity contribution is 0.103. The van der Waals surface area contributed by atoms with Crippen LogP contribution in [0.4, 0.5) is 10.5 Å². The summed E-state index contributed by atoms with van der Waals surface area (Å²) in [5.74, 6) is -0.108. The molecule has 2 aromatic rings. The van der Waals surface area contributed by atoms with Crippen LogP contribution in [0.25, 0.3) is 0 Å². The molecule has 23 heavy (non-hydrogen) atoms. The maximum Gasteiger partial charge on any atom is 0.409 e. The topological polar surface area (TPSA) is 58.6 Å². The lowest BCUT2D eigenvalue weighted by Gasteiger charge is -2.28. The molecular weight excluding hydrogens is 312 g/mol. The number of methoxy groups -OCH3 is 1. The van der Waals surface area contributed by atoms with Crippen molar-refractivity contribution in [2.45, 2.75) is 19.9 Å². The van der Waals surface area contributed by atoms with E-state index in [1.807, 2.05) is 36.6 Å². The molecule has 120 valence electrons. The highest BCUT2D eigenvalue weighted by atomic mass is 32.1. The lowest BCUT2D eigenvalue weighted by atomic mass is 9.99. The molecule has 6 heteroatoms. The molecule has 3 rings (SSSR count). The van der Waals surface area contributed by atoms with Gasteiger partial charge in [0.2, 0.25) is 0 Å². The van der Waals surface area contributed by atoms with Gasteiger partial charge in [-0.1, -0.05) is 6.07 Å². The number of carbonyl (C=O) groups is 2. The van der Waals surface area contributed by atoms with E-state index in [-0.39, 0.29) is 12.0 Å². The zero-order valence-electron chi connectivity index (χ0n) is 13.1. The number of rotatable bonds is 2. The van der Waals surface area contributed by atoms with Crippen molar-refractivity contribution in [1.82, 2.24) is 4.90 Å².